The molecule has 1 heterocycles. The number of halogens is 1. The number of amides is 1. The van der Waals surface area contributed by atoms with Crippen LogP contribution in [-0.4, -0.2) is 55.6 Å². The van der Waals surface area contributed by atoms with E-state index in [9.17, 15) is 9.18 Å². The zero-order valence-electron chi connectivity index (χ0n) is 18.0. The summed E-state index contributed by atoms with van der Waals surface area (Å²) >= 11 is 0. The molecule has 1 aliphatic carbocycles. The van der Waals surface area contributed by atoms with Gasteiger partial charge in [0.2, 0.25) is 5.91 Å². The molecule has 30 heavy (non-hydrogen) atoms. The van der Waals surface area contributed by atoms with E-state index in [1.165, 1.54) is 25.0 Å². The van der Waals surface area contributed by atoms with Crippen LogP contribution in [0.5, 0.6) is 5.75 Å². The standard InChI is InChI=1S/C23H35FN4O2/c1-2-25-23(26-14-5-6-16-30-21-11-9-19(24)10-12-21)27-20-13-15-28(17-20)22(29)18-7-3-4-8-18/h9-12,18,20H,2-8,13-17H2,1H3,(H2,25,26,27). The van der Waals surface area contributed by atoms with Gasteiger partial charge < -0.3 is 20.3 Å². The lowest BCUT2D eigenvalue weighted by Crippen LogP contribution is -2.45. The molecule has 2 aliphatic rings. The van der Waals surface area contributed by atoms with Gasteiger partial charge in [-0.2, -0.15) is 0 Å². The second kappa shape index (κ2) is 11.8. The van der Waals surface area contributed by atoms with Crippen LogP contribution in [-0.2, 0) is 4.79 Å². The molecule has 1 atom stereocenters. The second-order valence-electron chi connectivity index (χ2n) is 8.17. The van der Waals surface area contributed by atoms with Gasteiger partial charge in [-0.1, -0.05) is 12.8 Å². The Labute approximate surface area is 179 Å². The van der Waals surface area contributed by atoms with Crippen molar-refractivity contribution in [1.29, 1.82) is 0 Å². The van der Waals surface area contributed by atoms with E-state index < -0.39 is 0 Å². The van der Waals surface area contributed by atoms with Crippen LogP contribution in [0.15, 0.2) is 29.3 Å². The number of carbonyl (C=O) groups excluding carboxylic acids is 1. The summed E-state index contributed by atoms with van der Waals surface area (Å²) in [6, 6.07) is 6.35. The summed E-state index contributed by atoms with van der Waals surface area (Å²) < 4.78 is 18.5. The van der Waals surface area contributed by atoms with Crippen molar-refractivity contribution in [2.45, 2.75) is 57.9 Å². The van der Waals surface area contributed by atoms with Crippen molar-refractivity contribution in [3.05, 3.63) is 30.1 Å². The molecule has 1 unspecified atom stereocenters. The number of ether oxygens (including phenoxy) is 1. The van der Waals surface area contributed by atoms with Gasteiger partial charge >= 0.3 is 0 Å². The number of hydrogen-bond donors (Lipinski definition) is 2. The number of benzene rings is 1. The molecule has 0 radical (unpaired) electrons. The lowest BCUT2D eigenvalue weighted by atomic mass is 10.1. The number of unbranched alkanes of at least 4 members (excludes halogenated alkanes) is 1. The van der Waals surface area contributed by atoms with E-state index in [1.54, 1.807) is 12.1 Å². The van der Waals surface area contributed by atoms with Gasteiger partial charge in [0.25, 0.3) is 0 Å². The molecule has 6 nitrogen and oxygen atoms in total. The minimum atomic E-state index is -0.256. The molecule has 0 bridgehead atoms. The molecule has 1 aromatic rings. The van der Waals surface area contributed by atoms with Crippen LogP contribution in [0.1, 0.15) is 51.9 Å². The van der Waals surface area contributed by atoms with Crippen LogP contribution >= 0.6 is 0 Å². The van der Waals surface area contributed by atoms with Crippen molar-refractivity contribution < 1.29 is 13.9 Å². The fourth-order valence-electron chi connectivity index (χ4n) is 4.15. The highest BCUT2D eigenvalue weighted by Gasteiger charge is 2.32. The van der Waals surface area contributed by atoms with E-state index in [1.807, 2.05) is 4.90 Å². The molecule has 0 aromatic heterocycles. The summed E-state index contributed by atoms with van der Waals surface area (Å²) in [5, 5.41) is 6.79. The summed E-state index contributed by atoms with van der Waals surface area (Å²) in [5.41, 5.74) is 0. The fourth-order valence-corrected chi connectivity index (χ4v) is 4.15. The number of hydrogen-bond acceptors (Lipinski definition) is 3. The maximum atomic E-state index is 12.9. The molecule has 1 saturated heterocycles. The van der Waals surface area contributed by atoms with Crippen molar-refractivity contribution in [3.8, 4) is 5.75 Å². The number of aliphatic imine (C=N–C) groups is 1. The summed E-state index contributed by atoms with van der Waals surface area (Å²) in [4.78, 5) is 19.3. The van der Waals surface area contributed by atoms with E-state index in [0.29, 0.717) is 24.8 Å². The van der Waals surface area contributed by atoms with Crippen LogP contribution in [0.4, 0.5) is 4.39 Å². The third-order valence-electron chi connectivity index (χ3n) is 5.79. The van der Waals surface area contributed by atoms with Crippen LogP contribution in [0.3, 0.4) is 0 Å². The van der Waals surface area contributed by atoms with Crippen molar-refractivity contribution in [3.63, 3.8) is 0 Å². The molecule has 0 spiro atoms. The first-order chi connectivity index (χ1) is 14.7. The van der Waals surface area contributed by atoms with Gasteiger partial charge in [-0.15, -0.1) is 0 Å². The predicted octanol–water partition coefficient (Wildman–Crippen LogP) is 3.33. The van der Waals surface area contributed by atoms with Crippen molar-refractivity contribution >= 4 is 11.9 Å². The Kier molecular flexibility index (Phi) is 8.78. The monoisotopic (exact) mass is 418 g/mol. The lowest BCUT2D eigenvalue weighted by molar-refractivity contribution is -0.134. The quantitative estimate of drug-likeness (QED) is 0.367. The maximum absolute atomic E-state index is 12.9. The van der Waals surface area contributed by atoms with Gasteiger partial charge in [0.1, 0.15) is 11.6 Å². The normalized spacial score (nSPS) is 19.9. The molecule has 2 fully saturated rings. The number of rotatable bonds is 9. The Morgan fingerprint density at radius 2 is 1.97 bits per heavy atom. The molecular weight excluding hydrogens is 383 g/mol. The number of nitrogens with one attached hydrogen (secondary N) is 2. The SMILES string of the molecule is CCNC(=NCCCCOc1ccc(F)cc1)NC1CCN(C(=O)C2CCCC2)C1. The van der Waals surface area contributed by atoms with Gasteiger partial charge in [0.15, 0.2) is 5.96 Å². The largest absolute Gasteiger partial charge is 0.494 e. The van der Waals surface area contributed by atoms with E-state index in [-0.39, 0.29) is 17.8 Å². The van der Waals surface area contributed by atoms with Gasteiger partial charge in [-0.25, -0.2) is 4.39 Å². The number of guanidine groups is 1. The molecule has 2 N–H and O–H groups in total. The average molecular weight is 419 g/mol. The maximum Gasteiger partial charge on any atom is 0.225 e. The molecule has 166 valence electrons. The zero-order valence-corrected chi connectivity index (χ0v) is 18.0. The Hall–Kier alpha value is -2.31. The Balaban J connectivity index is 1.35. The molecule has 1 saturated carbocycles. The highest BCUT2D eigenvalue weighted by molar-refractivity contribution is 5.81. The third kappa shape index (κ3) is 6.89. The van der Waals surface area contributed by atoms with Gasteiger partial charge in [0.05, 0.1) is 6.61 Å². The van der Waals surface area contributed by atoms with Crippen LogP contribution in [0, 0.1) is 11.7 Å². The molecule has 7 heteroatoms. The predicted molar refractivity (Wildman–Crippen MR) is 117 cm³/mol. The number of nitrogens with zero attached hydrogens (tertiary/aromatic N) is 2. The number of carbonyl (C=O) groups is 1. The summed E-state index contributed by atoms with van der Waals surface area (Å²) in [6.07, 6.45) is 7.26. The van der Waals surface area contributed by atoms with E-state index in [4.69, 9.17) is 4.74 Å². The highest BCUT2D eigenvalue weighted by Crippen LogP contribution is 2.27. The molecule has 3 rings (SSSR count). The number of likely N-dealkylation sites (tertiary alicyclic amines) is 1. The van der Waals surface area contributed by atoms with Crippen LogP contribution in [0.25, 0.3) is 0 Å². The Bertz CT molecular complexity index is 689. The first-order valence-electron chi connectivity index (χ1n) is 11.4. The van der Waals surface area contributed by atoms with E-state index in [0.717, 1.165) is 57.7 Å². The molecular formula is C23H35FN4O2. The first-order valence-corrected chi connectivity index (χ1v) is 11.4. The zero-order chi connectivity index (χ0) is 21.2. The fraction of sp³-hybridized carbons (Fsp3) is 0.652. The molecule has 1 amide bonds. The van der Waals surface area contributed by atoms with Gasteiger partial charge in [0, 0.05) is 38.1 Å². The smallest absolute Gasteiger partial charge is 0.225 e. The summed E-state index contributed by atoms with van der Waals surface area (Å²) in [7, 11) is 0. The van der Waals surface area contributed by atoms with E-state index >= 15 is 0 Å². The molecule has 1 aromatic carbocycles. The van der Waals surface area contributed by atoms with Crippen molar-refractivity contribution in [2.75, 3.05) is 32.8 Å². The third-order valence-corrected chi connectivity index (χ3v) is 5.79. The lowest BCUT2D eigenvalue weighted by Gasteiger charge is -2.21. The van der Waals surface area contributed by atoms with Crippen molar-refractivity contribution in [1.82, 2.24) is 15.5 Å². The first kappa shape index (κ1) is 22.4. The van der Waals surface area contributed by atoms with E-state index in [2.05, 4.69) is 22.5 Å². The Morgan fingerprint density at radius 3 is 2.70 bits per heavy atom. The Morgan fingerprint density at radius 1 is 1.20 bits per heavy atom. The van der Waals surface area contributed by atoms with Crippen LogP contribution < -0.4 is 15.4 Å². The summed E-state index contributed by atoms with van der Waals surface area (Å²) in [6.45, 7) is 5.76. The van der Waals surface area contributed by atoms with Crippen molar-refractivity contribution in [2.24, 2.45) is 10.9 Å². The minimum Gasteiger partial charge on any atom is -0.494 e. The molecule has 1 aliphatic heterocycles. The van der Waals surface area contributed by atoms with Gasteiger partial charge in [-0.05, 0) is 63.3 Å². The minimum absolute atomic E-state index is 0.253. The van der Waals surface area contributed by atoms with Crippen LogP contribution in [0.2, 0.25) is 0 Å². The summed E-state index contributed by atoms with van der Waals surface area (Å²) in [5.74, 6) is 1.85. The highest BCUT2D eigenvalue weighted by atomic mass is 19.1. The topological polar surface area (TPSA) is 66.0 Å². The second-order valence-corrected chi connectivity index (χ2v) is 8.17. The van der Waals surface area contributed by atoms with Gasteiger partial charge in [-0.3, -0.25) is 9.79 Å². The average Bonchev–Trinajstić information content (AvgIpc) is 3.44.